The van der Waals surface area contributed by atoms with Crippen LogP contribution in [0.4, 0.5) is 0 Å². The van der Waals surface area contributed by atoms with Gasteiger partial charge in [-0.1, -0.05) is 48.0 Å². The monoisotopic (exact) mass is 356 g/mol. The Labute approximate surface area is 156 Å². The second-order valence-electron chi connectivity index (χ2n) is 7.26. The number of hydrogen-bond acceptors (Lipinski definition) is 3. The summed E-state index contributed by atoms with van der Waals surface area (Å²) in [5, 5.41) is 10.1. The van der Waals surface area contributed by atoms with Gasteiger partial charge in [0.25, 0.3) is 5.56 Å². The molecule has 2 aromatic carbocycles. The minimum Gasteiger partial charge on any atom is -0.265 e. The first kappa shape index (κ1) is 16.0. The van der Waals surface area contributed by atoms with Crippen LogP contribution < -0.4 is 5.56 Å². The lowest BCUT2D eigenvalue weighted by Gasteiger charge is -2.10. The fraction of sp³-hybridized carbons (Fsp3) is 0.227. The summed E-state index contributed by atoms with van der Waals surface area (Å²) in [5.74, 6) is 0.436. The van der Waals surface area contributed by atoms with E-state index < -0.39 is 0 Å². The molecule has 2 aromatic heterocycles. The lowest BCUT2D eigenvalue weighted by atomic mass is 10.1. The Bertz CT molecular complexity index is 1170. The van der Waals surface area contributed by atoms with Crippen molar-refractivity contribution < 1.29 is 0 Å². The van der Waals surface area contributed by atoms with Gasteiger partial charge in [0.1, 0.15) is 5.52 Å². The Hall–Kier alpha value is -3.21. The van der Waals surface area contributed by atoms with Crippen molar-refractivity contribution in [1.29, 1.82) is 0 Å². The molecule has 1 fully saturated rings. The molecule has 134 valence electrons. The summed E-state index contributed by atoms with van der Waals surface area (Å²) >= 11 is 0. The number of aryl methyl sites for hydroxylation is 1. The maximum atomic E-state index is 13.3. The van der Waals surface area contributed by atoms with Crippen molar-refractivity contribution >= 4 is 10.9 Å². The van der Waals surface area contributed by atoms with Gasteiger partial charge in [-0.15, -0.1) is 0 Å². The number of benzene rings is 2. The normalized spacial score (nSPS) is 14.0. The van der Waals surface area contributed by atoms with Crippen molar-refractivity contribution in [2.45, 2.75) is 32.2 Å². The molecular weight excluding hydrogens is 336 g/mol. The number of fused-ring (bicyclic) bond motifs is 1. The molecule has 5 heteroatoms. The van der Waals surface area contributed by atoms with E-state index in [4.69, 9.17) is 5.10 Å². The van der Waals surface area contributed by atoms with Crippen LogP contribution in [0.3, 0.4) is 0 Å². The molecule has 0 radical (unpaired) electrons. The molecule has 27 heavy (non-hydrogen) atoms. The van der Waals surface area contributed by atoms with Gasteiger partial charge < -0.3 is 0 Å². The van der Waals surface area contributed by atoms with Crippen molar-refractivity contribution in [3.8, 4) is 5.69 Å². The maximum absolute atomic E-state index is 13.3. The largest absolute Gasteiger partial charge is 0.293 e. The Kier molecular flexibility index (Phi) is 3.67. The van der Waals surface area contributed by atoms with E-state index in [1.807, 2.05) is 30.3 Å². The molecule has 0 aliphatic heterocycles. The third-order valence-corrected chi connectivity index (χ3v) is 5.13. The number of hydrogen-bond donors (Lipinski definition) is 0. The topological polar surface area (TPSA) is 52.7 Å². The van der Waals surface area contributed by atoms with E-state index in [1.54, 1.807) is 15.6 Å². The fourth-order valence-electron chi connectivity index (χ4n) is 3.49. The van der Waals surface area contributed by atoms with Crippen LogP contribution in [0.15, 0.2) is 65.6 Å². The number of rotatable bonds is 4. The Morgan fingerprint density at radius 1 is 1.04 bits per heavy atom. The molecule has 1 aliphatic carbocycles. The van der Waals surface area contributed by atoms with Crippen LogP contribution in [-0.2, 0) is 6.54 Å². The molecule has 0 amide bonds. The molecule has 1 saturated carbocycles. The average Bonchev–Trinajstić information content (AvgIpc) is 3.44. The zero-order chi connectivity index (χ0) is 18.4. The summed E-state index contributed by atoms with van der Waals surface area (Å²) in [6.07, 6.45) is 4.04. The van der Waals surface area contributed by atoms with Gasteiger partial charge in [0, 0.05) is 11.3 Å². The van der Waals surface area contributed by atoms with Crippen LogP contribution in [0.25, 0.3) is 16.6 Å². The van der Waals surface area contributed by atoms with E-state index in [0.717, 1.165) is 35.2 Å². The molecule has 2 heterocycles. The SMILES string of the molecule is Cc1ccc(Cn2nc(C3CC3)c3cnn(-c4ccccc4)c3c2=O)cc1. The van der Waals surface area contributed by atoms with E-state index >= 15 is 0 Å². The highest BCUT2D eigenvalue weighted by Gasteiger charge is 2.30. The minimum atomic E-state index is -0.101. The van der Waals surface area contributed by atoms with Crippen LogP contribution in [-0.4, -0.2) is 19.6 Å². The van der Waals surface area contributed by atoms with Crippen LogP contribution in [0.2, 0.25) is 0 Å². The lowest BCUT2D eigenvalue weighted by Crippen LogP contribution is -2.26. The van der Waals surface area contributed by atoms with Gasteiger partial charge in [0.05, 0.1) is 24.1 Å². The summed E-state index contributed by atoms with van der Waals surface area (Å²) in [4.78, 5) is 13.3. The van der Waals surface area contributed by atoms with Crippen LogP contribution in [0.5, 0.6) is 0 Å². The van der Waals surface area contributed by atoms with Gasteiger partial charge in [-0.05, 0) is 37.5 Å². The Morgan fingerprint density at radius 2 is 1.78 bits per heavy atom. The molecule has 1 aliphatic rings. The predicted octanol–water partition coefficient (Wildman–Crippen LogP) is 3.82. The minimum absolute atomic E-state index is 0.101. The van der Waals surface area contributed by atoms with Gasteiger partial charge in [-0.2, -0.15) is 10.2 Å². The smallest absolute Gasteiger partial charge is 0.265 e. The van der Waals surface area contributed by atoms with Crippen molar-refractivity contribution in [3.05, 3.63) is 88.0 Å². The molecule has 4 aromatic rings. The highest BCUT2D eigenvalue weighted by molar-refractivity contribution is 5.82. The van der Waals surface area contributed by atoms with E-state index in [9.17, 15) is 4.79 Å². The van der Waals surface area contributed by atoms with Crippen LogP contribution >= 0.6 is 0 Å². The molecule has 0 unspecified atom stereocenters. The summed E-state index contributed by atoms with van der Waals surface area (Å²) < 4.78 is 3.35. The molecule has 5 nitrogen and oxygen atoms in total. The van der Waals surface area contributed by atoms with E-state index in [1.165, 1.54) is 5.56 Å². The van der Waals surface area contributed by atoms with Gasteiger partial charge in [0.15, 0.2) is 0 Å². The predicted molar refractivity (Wildman–Crippen MR) is 105 cm³/mol. The summed E-state index contributed by atoms with van der Waals surface area (Å²) in [6, 6.07) is 18.0. The van der Waals surface area contributed by atoms with E-state index in [2.05, 4.69) is 36.3 Å². The maximum Gasteiger partial charge on any atom is 0.293 e. The number of nitrogens with zero attached hydrogens (tertiary/aromatic N) is 4. The molecule has 5 rings (SSSR count). The van der Waals surface area contributed by atoms with E-state index in [-0.39, 0.29) is 5.56 Å². The second-order valence-corrected chi connectivity index (χ2v) is 7.26. The Balaban J connectivity index is 1.70. The van der Waals surface area contributed by atoms with Crippen molar-refractivity contribution in [3.63, 3.8) is 0 Å². The quantitative estimate of drug-likeness (QED) is 0.559. The summed E-state index contributed by atoms with van der Waals surface area (Å²) in [7, 11) is 0. The molecule has 0 spiro atoms. The van der Waals surface area contributed by atoms with Gasteiger partial charge >= 0.3 is 0 Å². The fourth-order valence-corrected chi connectivity index (χ4v) is 3.49. The van der Waals surface area contributed by atoms with Crippen molar-refractivity contribution in [1.82, 2.24) is 19.6 Å². The lowest BCUT2D eigenvalue weighted by molar-refractivity contribution is 0.626. The van der Waals surface area contributed by atoms with Gasteiger partial charge in [-0.3, -0.25) is 4.79 Å². The standard InChI is InChI=1S/C22H20N4O/c1-15-7-9-16(10-8-15)14-25-22(27)21-19(20(24-25)17-11-12-17)13-23-26(21)18-5-3-2-4-6-18/h2-10,13,17H,11-12,14H2,1H3. The summed E-state index contributed by atoms with van der Waals surface area (Å²) in [6.45, 7) is 2.53. The molecule has 0 N–H and O–H groups in total. The second kappa shape index (κ2) is 6.20. The third-order valence-electron chi connectivity index (χ3n) is 5.13. The van der Waals surface area contributed by atoms with Crippen LogP contribution in [0.1, 0.15) is 35.6 Å². The average molecular weight is 356 g/mol. The molecule has 0 atom stereocenters. The van der Waals surface area contributed by atoms with E-state index in [0.29, 0.717) is 18.0 Å². The van der Waals surface area contributed by atoms with Crippen molar-refractivity contribution in [2.75, 3.05) is 0 Å². The van der Waals surface area contributed by atoms with Crippen LogP contribution in [0, 0.1) is 6.92 Å². The molecular formula is C22H20N4O. The zero-order valence-electron chi connectivity index (χ0n) is 15.2. The first-order valence-electron chi connectivity index (χ1n) is 9.30. The zero-order valence-corrected chi connectivity index (χ0v) is 15.2. The first-order valence-corrected chi connectivity index (χ1v) is 9.30. The van der Waals surface area contributed by atoms with Gasteiger partial charge in [0.2, 0.25) is 0 Å². The number of para-hydroxylation sites is 1. The highest BCUT2D eigenvalue weighted by atomic mass is 16.1. The Morgan fingerprint density at radius 3 is 2.48 bits per heavy atom. The first-order chi connectivity index (χ1) is 13.2. The highest BCUT2D eigenvalue weighted by Crippen LogP contribution is 2.41. The third kappa shape index (κ3) is 2.85. The molecule has 0 bridgehead atoms. The molecule has 0 saturated heterocycles. The van der Waals surface area contributed by atoms with Gasteiger partial charge in [-0.25, -0.2) is 9.36 Å². The number of aromatic nitrogens is 4. The summed E-state index contributed by atoms with van der Waals surface area (Å²) in [5.41, 5.74) is 4.68. The van der Waals surface area contributed by atoms with Crippen molar-refractivity contribution in [2.24, 2.45) is 0 Å².